The van der Waals surface area contributed by atoms with Gasteiger partial charge in [0, 0.05) is 31.9 Å². The Bertz CT molecular complexity index is 1140. The molecule has 3 aromatic rings. The van der Waals surface area contributed by atoms with Gasteiger partial charge in [-0.1, -0.05) is 10.4 Å². The van der Waals surface area contributed by atoms with Crippen molar-refractivity contribution >= 4 is 29.3 Å². The van der Waals surface area contributed by atoms with E-state index in [2.05, 4.69) is 26.2 Å². The molecule has 1 atom stereocenters. The predicted molar refractivity (Wildman–Crippen MR) is 116 cm³/mol. The zero-order valence-electron chi connectivity index (χ0n) is 18.0. The van der Waals surface area contributed by atoms with Gasteiger partial charge in [0.05, 0.1) is 37.2 Å². The molecular formula is C20H22FN9O4. The Morgan fingerprint density at radius 2 is 2.18 bits per heavy atom. The SMILES string of the molecule is O=C(Nc1ccon1)N1CCN(c2ccc(N3C[C@H](Cn4ccnn4)OC3=O)cc2F)CCN1. The van der Waals surface area contributed by atoms with Gasteiger partial charge in [-0.2, -0.15) is 0 Å². The quantitative estimate of drug-likeness (QED) is 0.564. The third-order valence-electron chi connectivity index (χ3n) is 5.52. The van der Waals surface area contributed by atoms with Gasteiger partial charge in [0.25, 0.3) is 0 Å². The molecule has 14 heteroatoms. The highest BCUT2D eigenvalue weighted by Crippen LogP contribution is 2.28. The van der Waals surface area contributed by atoms with Crippen LogP contribution < -0.4 is 20.5 Å². The number of anilines is 3. The van der Waals surface area contributed by atoms with E-state index < -0.39 is 18.0 Å². The van der Waals surface area contributed by atoms with E-state index in [-0.39, 0.29) is 12.6 Å². The molecule has 2 saturated heterocycles. The molecule has 2 aliphatic rings. The lowest BCUT2D eigenvalue weighted by Crippen LogP contribution is -2.46. The van der Waals surface area contributed by atoms with Gasteiger partial charge in [-0.25, -0.2) is 24.1 Å². The number of ether oxygens (including phenoxy) is 1. The molecule has 13 nitrogen and oxygen atoms in total. The lowest BCUT2D eigenvalue weighted by molar-refractivity contribution is 0.129. The van der Waals surface area contributed by atoms with Crippen LogP contribution in [-0.4, -0.2) is 76.1 Å². The lowest BCUT2D eigenvalue weighted by atomic mass is 10.2. The van der Waals surface area contributed by atoms with Crippen molar-refractivity contribution in [3.8, 4) is 0 Å². The molecule has 5 rings (SSSR count). The van der Waals surface area contributed by atoms with Crippen LogP contribution in [0, 0.1) is 5.82 Å². The number of amides is 3. The second-order valence-electron chi connectivity index (χ2n) is 7.74. The van der Waals surface area contributed by atoms with Gasteiger partial charge in [0.1, 0.15) is 18.2 Å². The minimum atomic E-state index is -0.537. The van der Waals surface area contributed by atoms with Crippen molar-refractivity contribution in [1.82, 2.24) is 30.6 Å². The summed E-state index contributed by atoms with van der Waals surface area (Å²) in [6.45, 7) is 2.27. The number of carbonyl (C=O) groups excluding carboxylic acids is 2. The van der Waals surface area contributed by atoms with Crippen LogP contribution in [-0.2, 0) is 11.3 Å². The first kappa shape index (κ1) is 21.6. The monoisotopic (exact) mass is 471 g/mol. The number of hydrogen-bond acceptors (Lipinski definition) is 9. The Balaban J connectivity index is 1.21. The fourth-order valence-electron chi connectivity index (χ4n) is 3.89. The average molecular weight is 471 g/mol. The van der Waals surface area contributed by atoms with Gasteiger partial charge in [0.15, 0.2) is 5.82 Å². The number of urea groups is 1. The van der Waals surface area contributed by atoms with Crippen LogP contribution in [0.3, 0.4) is 0 Å². The van der Waals surface area contributed by atoms with Crippen LogP contribution in [0.4, 0.5) is 31.2 Å². The van der Waals surface area contributed by atoms with Crippen LogP contribution in [0.2, 0.25) is 0 Å². The van der Waals surface area contributed by atoms with E-state index in [4.69, 9.17) is 9.26 Å². The minimum Gasteiger partial charge on any atom is -0.442 e. The molecule has 2 fully saturated rings. The zero-order valence-corrected chi connectivity index (χ0v) is 18.0. The summed E-state index contributed by atoms with van der Waals surface area (Å²) in [6, 6.07) is 5.78. The van der Waals surface area contributed by atoms with Crippen LogP contribution in [0.15, 0.2) is 47.4 Å². The van der Waals surface area contributed by atoms with E-state index in [1.165, 1.54) is 28.3 Å². The molecule has 2 aromatic heterocycles. The van der Waals surface area contributed by atoms with Gasteiger partial charge in [-0.3, -0.25) is 15.2 Å². The minimum absolute atomic E-state index is 0.278. The number of carbonyl (C=O) groups is 2. The predicted octanol–water partition coefficient (Wildman–Crippen LogP) is 1.29. The Hall–Kier alpha value is -4.20. The molecule has 0 radical (unpaired) electrons. The molecule has 0 unspecified atom stereocenters. The summed E-state index contributed by atoms with van der Waals surface area (Å²) in [4.78, 5) is 28.0. The lowest BCUT2D eigenvalue weighted by Gasteiger charge is -2.24. The molecule has 2 aliphatic heterocycles. The first-order chi connectivity index (χ1) is 16.6. The second-order valence-corrected chi connectivity index (χ2v) is 7.74. The Morgan fingerprint density at radius 1 is 1.26 bits per heavy atom. The fraction of sp³-hybridized carbons (Fsp3) is 0.350. The van der Waals surface area contributed by atoms with Crippen molar-refractivity contribution in [2.24, 2.45) is 0 Å². The number of nitrogens with zero attached hydrogens (tertiary/aromatic N) is 7. The first-order valence-corrected chi connectivity index (χ1v) is 10.7. The maximum Gasteiger partial charge on any atom is 0.414 e. The third kappa shape index (κ3) is 4.61. The van der Waals surface area contributed by atoms with E-state index in [0.29, 0.717) is 49.9 Å². The molecule has 34 heavy (non-hydrogen) atoms. The van der Waals surface area contributed by atoms with Gasteiger partial charge >= 0.3 is 12.1 Å². The van der Waals surface area contributed by atoms with Gasteiger partial charge in [-0.05, 0) is 18.2 Å². The van der Waals surface area contributed by atoms with Gasteiger partial charge in [-0.15, -0.1) is 5.10 Å². The highest BCUT2D eigenvalue weighted by molar-refractivity contribution is 5.90. The zero-order chi connectivity index (χ0) is 23.5. The number of aromatic nitrogens is 4. The van der Waals surface area contributed by atoms with Crippen molar-refractivity contribution in [3.63, 3.8) is 0 Å². The maximum absolute atomic E-state index is 15.1. The summed E-state index contributed by atoms with van der Waals surface area (Å²) in [5.74, 6) is -0.163. The number of cyclic esters (lactones) is 1. The summed E-state index contributed by atoms with van der Waals surface area (Å²) < 4.78 is 26.7. The topological polar surface area (TPSA) is 134 Å². The van der Waals surface area contributed by atoms with Crippen molar-refractivity contribution in [3.05, 3.63) is 48.7 Å². The molecule has 2 N–H and O–H groups in total. The van der Waals surface area contributed by atoms with Crippen LogP contribution in [0.1, 0.15) is 0 Å². The van der Waals surface area contributed by atoms with Crippen LogP contribution in [0.25, 0.3) is 0 Å². The number of benzene rings is 1. The van der Waals surface area contributed by atoms with Gasteiger partial charge < -0.3 is 14.2 Å². The normalized spacial score (nSPS) is 18.7. The number of hydrogen-bond donors (Lipinski definition) is 2. The Kier molecular flexibility index (Phi) is 5.95. The number of halogens is 1. The largest absolute Gasteiger partial charge is 0.442 e. The molecule has 178 valence electrons. The van der Waals surface area contributed by atoms with Crippen LogP contribution in [0.5, 0.6) is 0 Å². The van der Waals surface area contributed by atoms with E-state index in [1.807, 2.05) is 4.90 Å². The number of nitrogens with one attached hydrogen (secondary N) is 2. The standard InChI is InChI=1S/C20H22FN9O4/c21-16-11-14(29-13-15(34-20(29)32)12-28-7-4-22-26-28)1-2-17(16)27-6-5-23-30(9-8-27)19(31)24-18-3-10-33-25-18/h1-4,7,10-11,15,23H,5-6,8-9,12-13H2,(H,24,25,31)/t15-/m0/s1. The number of hydrazine groups is 1. The Labute approximate surface area is 193 Å². The summed E-state index contributed by atoms with van der Waals surface area (Å²) >= 11 is 0. The molecule has 1 aromatic carbocycles. The van der Waals surface area contributed by atoms with Crippen LogP contribution >= 0.6 is 0 Å². The number of rotatable bonds is 5. The molecule has 0 spiro atoms. The second kappa shape index (κ2) is 9.35. The molecule has 3 amide bonds. The van der Waals surface area contributed by atoms with E-state index >= 15 is 4.39 Å². The smallest absolute Gasteiger partial charge is 0.414 e. The molecule has 0 bridgehead atoms. The molecule has 4 heterocycles. The fourth-order valence-corrected chi connectivity index (χ4v) is 3.89. The summed E-state index contributed by atoms with van der Waals surface area (Å²) in [6.07, 6.45) is 3.63. The van der Waals surface area contributed by atoms with Crippen molar-refractivity contribution < 1.29 is 23.2 Å². The summed E-state index contributed by atoms with van der Waals surface area (Å²) in [7, 11) is 0. The molecule has 0 saturated carbocycles. The summed E-state index contributed by atoms with van der Waals surface area (Å²) in [5, 5.41) is 15.3. The highest BCUT2D eigenvalue weighted by atomic mass is 19.1. The van der Waals surface area contributed by atoms with Crippen molar-refractivity contribution in [2.75, 3.05) is 47.8 Å². The maximum atomic E-state index is 15.1. The van der Waals surface area contributed by atoms with Crippen molar-refractivity contribution in [2.45, 2.75) is 12.6 Å². The van der Waals surface area contributed by atoms with E-state index in [0.717, 1.165) is 0 Å². The van der Waals surface area contributed by atoms with E-state index in [9.17, 15) is 9.59 Å². The molecular weight excluding hydrogens is 449 g/mol. The average Bonchev–Trinajstić information content (AvgIpc) is 3.55. The highest BCUT2D eigenvalue weighted by Gasteiger charge is 2.33. The van der Waals surface area contributed by atoms with Crippen molar-refractivity contribution in [1.29, 1.82) is 0 Å². The first-order valence-electron chi connectivity index (χ1n) is 10.7. The van der Waals surface area contributed by atoms with E-state index in [1.54, 1.807) is 29.2 Å². The Morgan fingerprint density at radius 3 is 2.94 bits per heavy atom. The molecule has 0 aliphatic carbocycles. The third-order valence-corrected chi connectivity index (χ3v) is 5.52. The summed E-state index contributed by atoms with van der Waals surface area (Å²) in [5.41, 5.74) is 3.81. The van der Waals surface area contributed by atoms with Gasteiger partial charge in [0.2, 0.25) is 0 Å².